The van der Waals surface area contributed by atoms with E-state index in [1.807, 2.05) is 52.7 Å². The van der Waals surface area contributed by atoms with Crippen molar-refractivity contribution in [2.75, 3.05) is 18.5 Å². The van der Waals surface area contributed by atoms with Crippen molar-refractivity contribution in [1.29, 1.82) is 5.26 Å². The molecule has 1 aliphatic rings. The molecule has 2 heterocycles. The third-order valence-electron chi connectivity index (χ3n) is 8.22. The van der Waals surface area contributed by atoms with Gasteiger partial charge in [-0.1, -0.05) is 19.9 Å². The van der Waals surface area contributed by atoms with Crippen molar-refractivity contribution in [1.82, 2.24) is 4.98 Å². The van der Waals surface area contributed by atoms with E-state index in [0.29, 0.717) is 28.2 Å². The fourth-order valence-corrected chi connectivity index (χ4v) is 4.79. The predicted octanol–water partition coefficient (Wildman–Crippen LogP) is 5.05. The highest BCUT2D eigenvalue weighted by Crippen LogP contribution is 2.40. The Hall–Kier alpha value is -2.71. The smallest absolute Gasteiger partial charge is 0.438 e. The van der Waals surface area contributed by atoms with Gasteiger partial charge in [0, 0.05) is 19.2 Å². The zero-order valence-corrected chi connectivity index (χ0v) is 25.1. The zero-order valence-electron chi connectivity index (χ0n) is 24.1. The number of carbonyl (C=O) groups is 1. The lowest BCUT2D eigenvalue weighted by atomic mass is 9.76. The maximum absolute atomic E-state index is 12.0. The minimum absolute atomic E-state index is 0.0945. The number of hydrogen-bond acceptors (Lipinski definition) is 8. The second-order valence-corrected chi connectivity index (χ2v) is 16.7. The topological polar surface area (TPSA) is 105 Å². The molecule has 1 aliphatic heterocycles. The molecule has 0 amide bonds. The summed E-state index contributed by atoms with van der Waals surface area (Å²) in [7, 11) is -1.00. The average Bonchev–Trinajstić information content (AvgIpc) is 3.04. The Morgan fingerprint density at radius 1 is 1.18 bits per heavy atom. The molecule has 204 valence electrons. The molecule has 0 unspecified atom stereocenters. The Morgan fingerprint density at radius 2 is 1.82 bits per heavy atom. The lowest BCUT2D eigenvalue weighted by Gasteiger charge is -2.35. The van der Waals surface area contributed by atoms with E-state index in [2.05, 4.69) is 24.9 Å². The van der Waals surface area contributed by atoms with E-state index in [4.69, 9.17) is 14.0 Å². The molecule has 38 heavy (non-hydrogen) atoms. The number of rotatable bonds is 10. The molecule has 1 N–H and O–H groups in total. The lowest BCUT2D eigenvalue weighted by Crippen LogP contribution is -2.41. The SMILES string of the molecule is CN(CCCC(C)(C)[Si](C)(C)O)c1ccc(C#N)c(Oc2ccc(B3OC(C)(C)C(C)(C)O3)c(C=O)c2)n1. The summed E-state index contributed by atoms with van der Waals surface area (Å²) >= 11 is 0. The van der Waals surface area contributed by atoms with Crippen molar-refractivity contribution >= 4 is 33.0 Å². The fraction of sp³-hybridized carbons (Fsp3) is 0.536. The van der Waals surface area contributed by atoms with Gasteiger partial charge in [0.15, 0.2) is 8.32 Å². The van der Waals surface area contributed by atoms with Crippen LogP contribution in [0.2, 0.25) is 18.1 Å². The summed E-state index contributed by atoms with van der Waals surface area (Å²) < 4.78 is 18.2. The van der Waals surface area contributed by atoms with Gasteiger partial charge in [-0.15, -0.1) is 0 Å². The maximum atomic E-state index is 12.0. The molecule has 0 atom stereocenters. The molecule has 3 rings (SSSR count). The number of benzene rings is 1. The van der Waals surface area contributed by atoms with E-state index in [1.54, 1.807) is 30.3 Å². The highest BCUT2D eigenvalue weighted by molar-refractivity contribution is 6.72. The molecule has 2 aromatic rings. The maximum Gasteiger partial charge on any atom is 0.495 e. The van der Waals surface area contributed by atoms with Crippen LogP contribution < -0.4 is 15.1 Å². The number of carbonyl (C=O) groups excluding carboxylic acids is 1. The molecule has 1 aromatic carbocycles. The van der Waals surface area contributed by atoms with Gasteiger partial charge < -0.3 is 23.7 Å². The first-order valence-electron chi connectivity index (χ1n) is 13.0. The second-order valence-electron chi connectivity index (χ2n) is 12.2. The number of aromatic nitrogens is 1. The number of nitriles is 1. The number of pyridine rings is 1. The summed E-state index contributed by atoms with van der Waals surface area (Å²) in [5.41, 5.74) is 0.225. The van der Waals surface area contributed by atoms with Gasteiger partial charge in [-0.3, -0.25) is 4.79 Å². The molecular weight excluding hydrogens is 497 g/mol. The highest BCUT2D eigenvalue weighted by Gasteiger charge is 2.52. The van der Waals surface area contributed by atoms with Gasteiger partial charge in [0.05, 0.1) is 11.2 Å². The third kappa shape index (κ3) is 6.29. The van der Waals surface area contributed by atoms with Gasteiger partial charge in [0.1, 0.15) is 29.5 Å². The summed E-state index contributed by atoms with van der Waals surface area (Å²) in [5.74, 6) is 1.22. The van der Waals surface area contributed by atoms with Crippen molar-refractivity contribution < 1.29 is 23.6 Å². The fourth-order valence-electron chi connectivity index (χ4n) is 4.00. The van der Waals surface area contributed by atoms with Crippen molar-refractivity contribution in [3.8, 4) is 17.7 Å². The van der Waals surface area contributed by atoms with Crippen LogP contribution in [0.25, 0.3) is 0 Å². The summed E-state index contributed by atoms with van der Waals surface area (Å²) in [5, 5.41) is 9.53. The van der Waals surface area contributed by atoms with E-state index in [9.17, 15) is 14.9 Å². The van der Waals surface area contributed by atoms with E-state index in [0.717, 1.165) is 25.7 Å². The van der Waals surface area contributed by atoms with Crippen LogP contribution in [-0.2, 0) is 9.31 Å². The molecule has 0 bridgehead atoms. The van der Waals surface area contributed by atoms with E-state index >= 15 is 0 Å². The lowest BCUT2D eigenvalue weighted by molar-refractivity contribution is 0.00578. The van der Waals surface area contributed by atoms with E-state index < -0.39 is 26.6 Å². The standard InChI is InChI=1S/C28H40BN3O5Si/c1-26(2,38(8,9)34)15-10-16-32(7)24-14-11-20(18-30)25(31-24)35-22-12-13-23(21(17-22)19-33)29-36-27(3,4)28(5,6)37-29/h11-14,17,19,34H,10,15-16H2,1-9H3. The van der Waals surface area contributed by atoms with Crippen molar-refractivity contribution in [2.24, 2.45) is 0 Å². The first-order chi connectivity index (χ1) is 17.5. The molecule has 1 saturated heterocycles. The molecular formula is C28H40BN3O5Si. The van der Waals surface area contributed by atoms with Crippen LogP contribution in [0.15, 0.2) is 30.3 Å². The zero-order chi connectivity index (χ0) is 28.5. The number of anilines is 1. The van der Waals surface area contributed by atoms with Crippen molar-refractivity contribution in [3.63, 3.8) is 0 Å². The first-order valence-corrected chi connectivity index (χ1v) is 15.9. The van der Waals surface area contributed by atoms with Crippen LogP contribution in [0.4, 0.5) is 5.82 Å². The van der Waals surface area contributed by atoms with Gasteiger partial charge in [0.25, 0.3) is 0 Å². The van der Waals surface area contributed by atoms with Crippen molar-refractivity contribution in [2.45, 2.75) is 83.7 Å². The molecule has 1 aromatic heterocycles. The van der Waals surface area contributed by atoms with Crippen LogP contribution in [0.1, 0.15) is 70.3 Å². The Balaban J connectivity index is 1.78. The molecule has 0 radical (unpaired) electrons. The number of aldehydes is 1. The number of hydrogen-bond donors (Lipinski definition) is 1. The van der Waals surface area contributed by atoms with Crippen LogP contribution in [0.5, 0.6) is 11.6 Å². The Bertz CT molecular complexity index is 1200. The molecule has 0 spiro atoms. The largest absolute Gasteiger partial charge is 0.495 e. The molecule has 10 heteroatoms. The van der Waals surface area contributed by atoms with Crippen molar-refractivity contribution in [3.05, 3.63) is 41.5 Å². The van der Waals surface area contributed by atoms with E-state index in [-0.39, 0.29) is 10.9 Å². The second kappa shape index (κ2) is 10.8. The molecule has 1 fully saturated rings. The summed E-state index contributed by atoms with van der Waals surface area (Å²) in [4.78, 5) is 29.1. The third-order valence-corrected chi connectivity index (χ3v) is 11.8. The monoisotopic (exact) mass is 537 g/mol. The minimum Gasteiger partial charge on any atom is -0.438 e. The van der Waals surface area contributed by atoms with Crippen LogP contribution in [-0.4, -0.2) is 56.3 Å². The van der Waals surface area contributed by atoms with Gasteiger partial charge in [-0.25, -0.2) is 0 Å². The van der Waals surface area contributed by atoms with Crippen LogP contribution >= 0.6 is 0 Å². The number of ether oxygens (including phenoxy) is 1. The Labute approximate surface area is 228 Å². The van der Waals surface area contributed by atoms with Crippen LogP contribution in [0.3, 0.4) is 0 Å². The van der Waals surface area contributed by atoms with Gasteiger partial charge in [0.2, 0.25) is 5.88 Å². The predicted molar refractivity (Wildman–Crippen MR) is 153 cm³/mol. The first kappa shape index (κ1) is 29.8. The van der Waals surface area contributed by atoms with Gasteiger partial charge in [-0.05, 0) is 88.4 Å². The van der Waals surface area contributed by atoms with Crippen LogP contribution in [0, 0.1) is 11.3 Å². The molecule has 0 saturated carbocycles. The number of nitrogens with zero attached hydrogens (tertiary/aromatic N) is 3. The summed E-state index contributed by atoms with van der Waals surface area (Å²) in [6, 6.07) is 10.7. The minimum atomic E-state index is -2.27. The molecule has 8 nitrogen and oxygen atoms in total. The highest BCUT2D eigenvalue weighted by atomic mass is 28.4. The van der Waals surface area contributed by atoms with E-state index in [1.165, 1.54) is 0 Å². The van der Waals surface area contributed by atoms with Gasteiger partial charge >= 0.3 is 7.12 Å². The quantitative estimate of drug-likeness (QED) is 0.332. The Kier molecular flexibility index (Phi) is 8.49. The Morgan fingerprint density at radius 3 is 2.37 bits per heavy atom. The average molecular weight is 538 g/mol. The van der Waals surface area contributed by atoms with Gasteiger partial charge in [-0.2, -0.15) is 10.2 Å². The molecule has 0 aliphatic carbocycles. The normalized spacial score (nSPS) is 16.7. The summed E-state index contributed by atoms with van der Waals surface area (Å²) in [6.45, 7) is 16.8. The summed E-state index contributed by atoms with van der Waals surface area (Å²) in [6.07, 6.45) is 2.53.